The Morgan fingerprint density at radius 2 is 1.59 bits per heavy atom. The van der Waals surface area contributed by atoms with Crippen molar-refractivity contribution < 1.29 is 19.2 Å². The van der Waals surface area contributed by atoms with Gasteiger partial charge in [-0.2, -0.15) is 0 Å². The summed E-state index contributed by atoms with van der Waals surface area (Å²) < 4.78 is 5.76. The maximum absolute atomic E-state index is 13.1. The van der Waals surface area contributed by atoms with Crippen molar-refractivity contribution in [1.29, 1.82) is 0 Å². The average molecular weight is 454 g/mol. The highest BCUT2D eigenvalue weighted by molar-refractivity contribution is 9.10. The zero-order valence-corrected chi connectivity index (χ0v) is 17.0. The van der Waals surface area contributed by atoms with Crippen molar-refractivity contribution in [2.45, 2.75) is 13.0 Å². The van der Waals surface area contributed by atoms with E-state index in [9.17, 15) is 19.7 Å². The van der Waals surface area contributed by atoms with Crippen LogP contribution in [0.5, 0.6) is 0 Å². The lowest BCUT2D eigenvalue weighted by molar-refractivity contribution is -0.385. The molecule has 6 nitrogen and oxygen atoms in total. The van der Waals surface area contributed by atoms with E-state index in [2.05, 4.69) is 15.9 Å². The number of hydrogen-bond acceptors (Lipinski definition) is 5. The van der Waals surface area contributed by atoms with Gasteiger partial charge in [0.2, 0.25) is 5.78 Å². The van der Waals surface area contributed by atoms with E-state index in [1.807, 2.05) is 6.92 Å². The number of nitro benzene ring substituents is 1. The maximum atomic E-state index is 13.1. The minimum atomic E-state index is -1.17. The van der Waals surface area contributed by atoms with Crippen LogP contribution in [-0.2, 0) is 4.74 Å². The molecule has 0 aliphatic carbocycles. The van der Waals surface area contributed by atoms with Crippen LogP contribution in [0.2, 0.25) is 0 Å². The van der Waals surface area contributed by atoms with Gasteiger partial charge in [0.25, 0.3) is 5.69 Å². The van der Waals surface area contributed by atoms with Crippen LogP contribution in [0.15, 0.2) is 77.3 Å². The lowest BCUT2D eigenvalue weighted by atomic mass is 9.99. The fourth-order valence-electron chi connectivity index (χ4n) is 2.72. The van der Waals surface area contributed by atoms with Crippen LogP contribution in [0.4, 0.5) is 5.69 Å². The molecule has 0 bridgehead atoms. The fourth-order valence-corrected chi connectivity index (χ4v) is 3.12. The number of nitro groups is 1. The number of carbonyl (C=O) groups excluding carboxylic acids is 2. The Hall–Kier alpha value is -3.32. The van der Waals surface area contributed by atoms with Crippen LogP contribution in [0.3, 0.4) is 0 Å². The maximum Gasteiger partial charge on any atom is 0.339 e. The van der Waals surface area contributed by atoms with Gasteiger partial charge in [0, 0.05) is 17.2 Å². The number of Topliss-reactive ketones (excluding diaryl/α,β-unsaturated/α-hetero) is 1. The summed E-state index contributed by atoms with van der Waals surface area (Å²) in [5.74, 6) is -1.20. The van der Waals surface area contributed by atoms with Gasteiger partial charge < -0.3 is 4.74 Å². The first-order chi connectivity index (χ1) is 13.9. The zero-order valence-electron chi connectivity index (χ0n) is 15.4. The molecule has 1 atom stereocenters. The first-order valence-electron chi connectivity index (χ1n) is 8.67. The number of benzene rings is 3. The summed E-state index contributed by atoms with van der Waals surface area (Å²) in [5.41, 5.74) is 1.63. The highest BCUT2D eigenvalue weighted by Crippen LogP contribution is 2.28. The van der Waals surface area contributed by atoms with E-state index in [1.54, 1.807) is 54.6 Å². The summed E-state index contributed by atoms with van der Waals surface area (Å²) in [7, 11) is 0. The summed E-state index contributed by atoms with van der Waals surface area (Å²) in [6.45, 7) is 1.91. The molecule has 146 valence electrons. The molecule has 3 rings (SSSR count). The molecule has 0 radical (unpaired) electrons. The van der Waals surface area contributed by atoms with Crippen molar-refractivity contribution in [2.24, 2.45) is 0 Å². The van der Waals surface area contributed by atoms with E-state index in [1.165, 1.54) is 12.1 Å². The predicted octanol–water partition coefficient (Wildman–Crippen LogP) is 5.45. The third-order valence-electron chi connectivity index (χ3n) is 4.28. The smallest absolute Gasteiger partial charge is 0.339 e. The Kier molecular flexibility index (Phi) is 6.19. The molecule has 0 saturated carbocycles. The molecule has 0 amide bonds. The van der Waals surface area contributed by atoms with E-state index in [0.717, 1.165) is 11.6 Å². The fraction of sp³-hybridized carbons (Fsp3) is 0.0909. The van der Waals surface area contributed by atoms with Crippen LogP contribution in [-0.4, -0.2) is 16.7 Å². The Balaban J connectivity index is 1.94. The van der Waals surface area contributed by atoms with Gasteiger partial charge in [0.1, 0.15) is 0 Å². The number of hydrogen-bond donors (Lipinski definition) is 0. The molecule has 0 N–H and O–H groups in total. The molecule has 7 heteroatoms. The molecule has 0 heterocycles. The van der Waals surface area contributed by atoms with E-state index in [4.69, 9.17) is 4.74 Å². The molecule has 0 fully saturated rings. The molecular weight excluding hydrogens is 438 g/mol. The standard InChI is InChI=1S/C22H16BrNO5/c1-14-7-9-15(10-8-14)20(25)21(16-5-3-2-4-6-16)29-22(26)17-11-12-18(23)19(13-17)24(27)28/h2-13,21H,1H3/t21-/m0/s1. The topological polar surface area (TPSA) is 86.5 Å². The second-order valence-electron chi connectivity index (χ2n) is 6.35. The summed E-state index contributed by atoms with van der Waals surface area (Å²) in [4.78, 5) is 36.3. The Morgan fingerprint density at radius 1 is 0.966 bits per heavy atom. The minimum Gasteiger partial charge on any atom is -0.445 e. The number of ketones is 1. The molecule has 0 unspecified atom stereocenters. The number of carbonyl (C=O) groups is 2. The number of aryl methyl sites for hydroxylation is 1. The molecule has 3 aromatic carbocycles. The predicted molar refractivity (Wildman–Crippen MR) is 111 cm³/mol. The van der Waals surface area contributed by atoms with Gasteiger partial charge in [-0.15, -0.1) is 0 Å². The second-order valence-corrected chi connectivity index (χ2v) is 7.20. The number of ether oxygens (including phenoxy) is 1. The van der Waals surface area contributed by atoms with E-state index < -0.39 is 17.0 Å². The number of esters is 1. The van der Waals surface area contributed by atoms with Crippen molar-refractivity contribution in [2.75, 3.05) is 0 Å². The van der Waals surface area contributed by atoms with Gasteiger partial charge >= 0.3 is 5.97 Å². The lowest BCUT2D eigenvalue weighted by Crippen LogP contribution is -2.20. The molecule has 0 aliphatic heterocycles. The van der Waals surface area contributed by atoms with Crippen LogP contribution >= 0.6 is 15.9 Å². The summed E-state index contributed by atoms with van der Waals surface area (Å²) in [6.07, 6.45) is -1.17. The van der Waals surface area contributed by atoms with Gasteiger partial charge in [-0.25, -0.2) is 4.79 Å². The number of nitrogens with zero attached hydrogens (tertiary/aromatic N) is 1. The Bertz CT molecular complexity index is 1060. The molecule has 0 aromatic heterocycles. The van der Waals surface area contributed by atoms with Gasteiger partial charge in [0.15, 0.2) is 6.10 Å². The Labute approximate surface area is 175 Å². The third kappa shape index (κ3) is 4.75. The third-order valence-corrected chi connectivity index (χ3v) is 4.95. The van der Waals surface area contributed by atoms with E-state index in [0.29, 0.717) is 11.1 Å². The molecule has 3 aromatic rings. The van der Waals surface area contributed by atoms with Crippen molar-refractivity contribution in [1.82, 2.24) is 0 Å². The van der Waals surface area contributed by atoms with Crippen molar-refractivity contribution in [3.63, 3.8) is 0 Å². The van der Waals surface area contributed by atoms with Crippen LogP contribution in [0, 0.1) is 17.0 Å². The summed E-state index contributed by atoms with van der Waals surface area (Å²) >= 11 is 3.08. The van der Waals surface area contributed by atoms with E-state index >= 15 is 0 Å². The quantitative estimate of drug-likeness (QED) is 0.214. The monoisotopic (exact) mass is 453 g/mol. The average Bonchev–Trinajstić information content (AvgIpc) is 2.72. The second kappa shape index (κ2) is 8.79. The van der Waals surface area contributed by atoms with Crippen LogP contribution in [0.25, 0.3) is 0 Å². The van der Waals surface area contributed by atoms with Crippen molar-refractivity contribution in [3.8, 4) is 0 Å². The van der Waals surface area contributed by atoms with Crippen LogP contribution in [0.1, 0.15) is 37.9 Å². The molecule has 0 aliphatic rings. The van der Waals surface area contributed by atoms with Gasteiger partial charge in [-0.3, -0.25) is 14.9 Å². The van der Waals surface area contributed by atoms with Gasteiger partial charge in [-0.05, 0) is 35.0 Å². The largest absolute Gasteiger partial charge is 0.445 e. The summed E-state index contributed by atoms with van der Waals surface area (Å²) in [6, 6.07) is 19.5. The van der Waals surface area contributed by atoms with Gasteiger partial charge in [-0.1, -0.05) is 60.2 Å². The van der Waals surface area contributed by atoms with Crippen molar-refractivity contribution >= 4 is 33.4 Å². The first-order valence-corrected chi connectivity index (χ1v) is 9.47. The highest BCUT2D eigenvalue weighted by atomic mass is 79.9. The Morgan fingerprint density at radius 3 is 2.21 bits per heavy atom. The van der Waals surface area contributed by atoms with Crippen molar-refractivity contribution in [3.05, 3.63) is 110 Å². The first kappa shape index (κ1) is 20.4. The summed E-state index contributed by atoms with van der Waals surface area (Å²) in [5, 5.41) is 11.1. The van der Waals surface area contributed by atoms with E-state index in [-0.39, 0.29) is 21.5 Å². The number of halogens is 1. The molecule has 0 saturated heterocycles. The van der Waals surface area contributed by atoms with Crippen LogP contribution < -0.4 is 0 Å². The lowest BCUT2D eigenvalue weighted by Gasteiger charge is -2.17. The SMILES string of the molecule is Cc1ccc(C(=O)[C@@H](OC(=O)c2ccc(Br)c([N+](=O)[O-])c2)c2ccccc2)cc1. The molecule has 29 heavy (non-hydrogen) atoms. The molecule has 0 spiro atoms. The zero-order chi connectivity index (χ0) is 21.0. The molecular formula is C22H16BrNO5. The minimum absolute atomic E-state index is 0.0162. The van der Waals surface area contributed by atoms with Gasteiger partial charge in [0.05, 0.1) is 15.0 Å². The number of rotatable bonds is 6. The normalized spacial score (nSPS) is 11.5. The highest BCUT2D eigenvalue weighted by Gasteiger charge is 2.27.